The van der Waals surface area contributed by atoms with Crippen molar-refractivity contribution in [2.75, 3.05) is 11.9 Å². The van der Waals surface area contributed by atoms with Gasteiger partial charge in [0.1, 0.15) is 10.3 Å². The Labute approximate surface area is 146 Å². The van der Waals surface area contributed by atoms with Crippen molar-refractivity contribution >= 4 is 33.0 Å². The number of hydrogen-bond acceptors (Lipinski definition) is 4. The van der Waals surface area contributed by atoms with Crippen LogP contribution in [0.4, 0.5) is 5.69 Å². The van der Waals surface area contributed by atoms with E-state index in [0.29, 0.717) is 19.4 Å². The number of nitrogens with one attached hydrogen (secondary N) is 1. The third-order valence-electron chi connectivity index (χ3n) is 4.29. The maximum atomic E-state index is 12.8. The lowest BCUT2D eigenvalue weighted by atomic mass is 10.1. The molecule has 0 radical (unpaired) electrons. The summed E-state index contributed by atoms with van der Waals surface area (Å²) in [4.78, 5) is 12.7. The van der Waals surface area contributed by atoms with Crippen LogP contribution in [0.25, 0.3) is 0 Å². The van der Waals surface area contributed by atoms with Crippen LogP contribution in [0.5, 0.6) is 0 Å². The quantitative estimate of drug-likeness (QED) is 0.906. The predicted molar refractivity (Wildman–Crippen MR) is 95.8 cm³/mol. The summed E-state index contributed by atoms with van der Waals surface area (Å²) in [6.07, 6.45) is 1.23. The number of nitrogens with zero attached hydrogens (tertiary/aromatic N) is 1. The topological polar surface area (TPSA) is 66.5 Å². The third-order valence-corrected chi connectivity index (χ3v) is 7.57. The van der Waals surface area contributed by atoms with Crippen LogP contribution < -0.4 is 5.32 Å². The molecule has 1 aromatic carbocycles. The smallest absolute Gasteiger partial charge is 0.253 e. The lowest BCUT2D eigenvalue weighted by Crippen LogP contribution is -2.43. The van der Waals surface area contributed by atoms with Gasteiger partial charge in [-0.25, -0.2) is 8.42 Å². The fourth-order valence-corrected chi connectivity index (χ4v) is 5.81. The second-order valence-electron chi connectivity index (χ2n) is 5.96. The van der Waals surface area contributed by atoms with Crippen molar-refractivity contribution < 1.29 is 13.2 Å². The van der Waals surface area contributed by atoms with Crippen molar-refractivity contribution in [3.63, 3.8) is 0 Å². The molecular formula is C17H20N2O3S2. The first-order valence-corrected chi connectivity index (χ1v) is 10.2. The molecule has 1 aliphatic rings. The van der Waals surface area contributed by atoms with Crippen molar-refractivity contribution in [3.8, 4) is 0 Å². The van der Waals surface area contributed by atoms with Gasteiger partial charge in [0.2, 0.25) is 5.91 Å². The zero-order valence-corrected chi connectivity index (χ0v) is 15.3. The van der Waals surface area contributed by atoms with Gasteiger partial charge in [0.05, 0.1) is 0 Å². The van der Waals surface area contributed by atoms with Gasteiger partial charge in [-0.2, -0.15) is 4.31 Å². The molecule has 1 N–H and O–H groups in total. The zero-order chi connectivity index (χ0) is 17.3. The molecule has 2 aromatic rings. The number of aryl methyl sites for hydroxylation is 2. The second-order valence-corrected chi connectivity index (χ2v) is 9.03. The monoisotopic (exact) mass is 364 g/mol. The van der Waals surface area contributed by atoms with E-state index in [9.17, 15) is 13.2 Å². The van der Waals surface area contributed by atoms with E-state index in [-0.39, 0.29) is 10.1 Å². The fourth-order valence-electron chi connectivity index (χ4n) is 3.03. The van der Waals surface area contributed by atoms with Crippen LogP contribution >= 0.6 is 11.3 Å². The lowest BCUT2D eigenvalue weighted by Gasteiger charge is -2.23. The molecule has 1 atom stereocenters. The zero-order valence-electron chi connectivity index (χ0n) is 13.7. The molecule has 5 nitrogen and oxygen atoms in total. The molecule has 7 heteroatoms. The average molecular weight is 364 g/mol. The molecule has 1 aromatic heterocycles. The maximum absolute atomic E-state index is 12.8. The van der Waals surface area contributed by atoms with Crippen molar-refractivity contribution in [1.82, 2.24) is 4.31 Å². The predicted octanol–water partition coefficient (Wildman–Crippen LogP) is 3.16. The van der Waals surface area contributed by atoms with Gasteiger partial charge in [-0.15, -0.1) is 11.3 Å². The Morgan fingerprint density at radius 1 is 1.21 bits per heavy atom. The van der Waals surface area contributed by atoms with Gasteiger partial charge < -0.3 is 5.32 Å². The van der Waals surface area contributed by atoms with E-state index in [4.69, 9.17) is 0 Å². The Kier molecular flexibility index (Phi) is 4.76. The molecule has 0 bridgehead atoms. The highest BCUT2D eigenvalue weighted by molar-refractivity contribution is 7.91. The minimum Gasteiger partial charge on any atom is -0.324 e. The van der Waals surface area contributed by atoms with Gasteiger partial charge in [0.15, 0.2) is 0 Å². The number of thiophene rings is 1. The third kappa shape index (κ3) is 3.11. The Bertz CT molecular complexity index is 824. The van der Waals surface area contributed by atoms with Crippen molar-refractivity contribution in [2.24, 2.45) is 0 Å². The lowest BCUT2D eigenvalue weighted by molar-refractivity contribution is -0.119. The summed E-state index contributed by atoms with van der Waals surface area (Å²) in [5.41, 5.74) is 2.70. The highest BCUT2D eigenvalue weighted by Gasteiger charge is 2.40. The van der Waals surface area contributed by atoms with E-state index >= 15 is 0 Å². The molecule has 1 saturated heterocycles. The Morgan fingerprint density at radius 3 is 2.54 bits per heavy atom. The van der Waals surface area contributed by atoms with Gasteiger partial charge in [-0.3, -0.25) is 4.79 Å². The van der Waals surface area contributed by atoms with Crippen LogP contribution in [0.15, 0.2) is 39.9 Å². The van der Waals surface area contributed by atoms with Crippen molar-refractivity contribution in [1.29, 1.82) is 0 Å². The number of anilines is 1. The summed E-state index contributed by atoms with van der Waals surface area (Å²) in [6, 6.07) is 8.42. The highest BCUT2D eigenvalue weighted by atomic mass is 32.2. The number of hydrogen-bond donors (Lipinski definition) is 1. The summed E-state index contributed by atoms with van der Waals surface area (Å²) >= 11 is 1.18. The summed E-state index contributed by atoms with van der Waals surface area (Å²) < 4.78 is 27.1. The summed E-state index contributed by atoms with van der Waals surface area (Å²) in [6.45, 7) is 4.24. The summed E-state index contributed by atoms with van der Waals surface area (Å²) in [7, 11) is -3.61. The molecule has 0 saturated carbocycles. The first-order valence-electron chi connectivity index (χ1n) is 7.83. The van der Waals surface area contributed by atoms with Crippen LogP contribution in [0, 0.1) is 13.8 Å². The minimum absolute atomic E-state index is 0.259. The summed E-state index contributed by atoms with van der Waals surface area (Å²) in [5, 5.41) is 4.66. The van der Waals surface area contributed by atoms with E-state index in [1.165, 1.54) is 15.6 Å². The molecule has 1 aliphatic heterocycles. The van der Waals surface area contributed by atoms with Gasteiger partial charge in [0.25, 0.3) is 10.0 Å². The molecule has 3 rings (SSSR count). The first-order chi connectivity index (χ1) is 11.4. The van der Waals surface area contributed by atoms with E-state index in [0.717, 1.165) is 16.8 Å². The van der Waals surface area contributed by atoms with E-state index in [2.05, 4.69) is 5.32 Å². The van der Waals surface area contributed by atoms with Gasteiger partial charge >= 0.3 is 0 Å². The second kappa shape index (κ2) is 6.66. The number of carbonyl (C=O) groups excluding carboxylic acids is 1. The molecule has 0 spiro atoms. The van der Waals surface area contributed by atoms with Gasteiger partial charge in [-0.1, -0.05) is 24.3 Å². The molecular weight excluding hydrogens is 344 g/mol. The van der Waals surface area contributed by atoms with Crippen LogP contribution in [0.3, 0.4) is 0 Å². The molecule has 1 fully saturated rings. The number of para-hydroxylation sites is 1. The SMILES string of the molecule is Cc1cccc(C)c1NC(=O)C1CCCN1S(=O)(=O)c1cccs1. The first kappa shape index (κ1) is 17.1. The van der Waals surface area contributed by atoms with Crippen LogP contribution in [-0.2, 0) is 14.8 Å². The number of rotatable bonds is 4. The number of sulfonamides is 1. The number of amides is 1. The standard InChI is InChI=1S/C17H20N2O3S2/c1-12-6-3-7-13(2)16(12)18-17(20)14-8-4-10-19(14)24(21,22)15-9-5-11-23-15/h3,5-7,9,11,14H,4,8,10H2,1-2H3,(H,18,20). The Balaban J connectivity index is 1.85. The molecule has 2 heterocycles. The van der Waals surface area contributed by atoms with Crippen LogP contribution in [0.1, 0.15) is 24.0 Å². The van der Waals surface area contributed by atoms with Gasteiger partial charge in [0, 0.05) is 12.2 Å². The van der Waals surface area contributed by atoms with E-state index < -0.39 is 16.1 Å². The molecule has 128 valence electrons. The van der Waals surface area contributed by atoms with Crippen molar-refractivity contribution in [2.45, 2.75) is 36.9 Å². The Hall–Kier alpha value is -1.70. The summed E-state index contributed by atoms with van der Waals surface area (Å²) in [5.74, 6) is -0.259. The van der Waals surface area contributed by atoms with E-state index in [1.54, 1.807) is 17.5 Å². The molecule has 1 unspecified atom stereocenters. The molecule has 0 aliphatic carbocycles. The van der Waals surface area contributed by atoms with Crippen molar-refractivity contribution in [3.05, 3.63) is 46.8 Å². The highest BCUT2D eigenvalue weighted by Crippen LogP contribution is 2.30. The Morgan fingerprint density at radius 2 is 1.92 bits per heavy atom. The fraction of sp³-hybridized carbons (Fsp3) is 0.353. The number of benzene rings is 1. The largest absolute Gasteiger partial charge is 0.324 e. The van der Waals surface area contributed by atoms with Gasteiger partial charge in [-0.05, 0) is 49.3 Å². The average Bonchev–Trinajstić information content (AvgIpc) is 3.22. The molecule has 1 amide bonds. The van der Waals surface area contributed by atoms with Crippen LogP contribution in [-0.4, -0.2) is 31.2 Å². The van der Waals surface area contributed by atoms with Crippen LogP contribution in [0.2, 0.25) is 0 Å². The minimum atomic E-state index is -3.61. The normalized spacial score (nSPS) is 18.7. The molecule has 24 heavy (non-hydrogen) atoms. The number of carbonyl (C=O) groups is 1. The van der Waals surface area contributed by atoms with E-state index in [1.807, 2.05) is 32.0 Å². The maximum Gasteiger partial charge on any atom is 0.253 e.